The Kier molecular flexibility index (Phi) is 3.09. The fourth-order valence-electron chi connectivity index (χ4n) is 1.68. The summed E-state index contributed by atoms with van der Waals surface area (Å²) in [5.74, 6) is 0. The average molecular weight is 314 g/mol. The molecule has 1 nitrogen and oxygen atoms in total. The number of hydrogen-bond donors (Lipinski definition) is 1. The van der Waals surface area contributed by atoms with Crippen LogP contribution in [-0.4, -0.2) is 11.7 Å². The summed E-state index contributed by atoms with van der Waals surface area (Å²) in [5.41, 5.74) is -1.64. The zero-order valence-electron chi connectivity index (χ0n) is 8.57. The number of halogens is 4. The van der Waals surface area contributed by atoms with Crippen molar-refractivity contribution in [2.45, 2.75) is 37.5 Å². The lowest BCUT2D eigenvalue weighted by molar-refractivity contribution is -0.167. The van der Waals surface area contributed by atoms with E-state index in [1.54, 1.807) is 6.92 Å². The Labute approximate surface area is 104 Å². The number of thiophene rings is 1. The fourth-order valence-corrected chi connectivity index (χ4v) is 3.13. The molecule has 1 saturated carbocycles. The van der Waals surface area contributed by atoms with Crippen LogP contribution in [0.15, 0.2) is 15.9 Å². The average Bonchev–Trinajstić information content (AvgIpc) is 2.81. The van der Waals surface area contributed by atoms with E-state index in [-0.39, 0.29) is 18.9 Å². The third-order valence-electron chi connectivity index (χ3n) is 2.80. The smallest absolute Gasteiger partial charge is 0.296 e. The van der Waals surface area contributed by atoms with Gasteiger partial charge in [0, 0.05) is 20.8 Å². The van der Waals surface area contributed by atoms with Crippen molar-refractivity contribution in [3.05, 3.63) is 20.8 Å². The molecule has 1 unspecified atom stereocenters. The van der Waals surface area contributed by atoms with Crippen molar-refractivity contribution in [1.82, 2.24) is 5.32 Å². The second kappa shape index (κ2) is 3.99. The molecule has 1 aromatic heterocycles. The number of nitrogens with one attached hydrogen (secondary N) is 1. The highest BCUT2D eigenvalue weighted by molar-refractivity contribution is 9.10. The number of alkyl halides is 3. The number of hydrogen-bond acceptors (Lipinski definition) is 2. The van der Waals surface area contributed by atoms with Gasteiger partial charge in [0.2, 0.25) is 0 Å². The largest absolute Gasteiger partial charge is 0.406 e. The minimum atomic E-state index is -4.14. The Morgan fingerprint density at radius 1 is 1.50 bits per heavy atom. The molecule has 0 amide bonds. The highest BCUT2D eigenvalue weighted by atomic mass is 79.9. The van der Waals surface area contributed by atoms with Gasteiger partial charge in [0.15, 0.2) is 0 Å². The first kappa shape index (κ1) is 12.4. The van der Waals surface area contributed by atoms with Crippen LogP contribution in [0.4, 0.5) is 13.2 Å². The SMILES string of the molecule is CC(NC1(C(F)(F)F)CC1)c1cc(Br)cs1. The van der Waals surface area contributed by atoms with E-state index >= 15 is 0 Å². The molecular weight excluding hydrogens is 303 g/mol. The fraction of sp³-hybridized carbons (Fsp3) is 0.600. The Bertz CT molecular complexity index is 384. The van der Waals surface area contributed by atoms with Gasteiger partial charge in [-0.25, -0.2) is 0 Å². The predicted molar refractivity (Wildman–Crippen MR) is 61.6 cm³/mol. The Morgan fingerprint density at radius 2 is 2.12 bits per heavy atom. The molecule has 1 atom stereocenters. The summed E-state index contributed by atoms with van der Waals surface area (Å²) in [6.45, 7) is 1.77. The standard InChI is InChI=1S/C10H11BrF3NS/c1-6(8-4-7(11)5-16-8)15-9(2-3-9)10(12,13)14/h4-6,15H,2-3H2,1H3. The molecule has 0 spiro atoms. The van der Waals surface area contributed by atoms with E-state index in [1.807, 2.05) is 11.4 Å². The summed E-state index contributed by atoms with van der Waals surface area (Å²) < 4.78 is 39.0. The van der Waals surface area contributed by atoms with Crippen LogP contribution in [0.25, 0.3) is 0 Å². The van der Waals surface area contributed by atoms with Crippen molar-refractivity contribution in [1.29, 1.82) is 0 Å². The molecule has 0 aromatic carbocycles. The number of rotatable bonds is 3. The van der Waals surface area contributed by atoms with Crippen LogP contribution in [0.3, 0.4) is 0 Å². The van der Waals surface area contributed by atoms with Gasteiger partial charge in [0.05, 0.1) is 0 Å². The van der Waals surface area contributed by atoms with Crippen molar-refractivity contribution >= 4 is 27.3 Å². The van der Waals surface area contributed by atoms with Crippen LogP contribution >= 0.6 is 27.3 Å². The van der Waals surface area contributed by atoms with Crippen molar-refractivity contribution in [2.24, 2.45) is 0 Å². The molecule has 6 heteroatoms. The maximum atomic E-state index is 12.7. The summed E-state index contributed by atoms with van der Waals surface area (Å²) in [6.07, 6.45) is -3.77. The van der Waals surface area contributed by atoms with Gasteiger partial charge in [-0.3, -0.25) is 5.32 Å². The molecule has 1 aromatic rings. The van der Waals surface area contributed by atoms with E-state index < -0.39 is 11.7 Å². The first-order valence-electron chi connectivity index (χ1n) is 4.92. The summed E-state index contributed by atoms with van der Waals surface area (Å²) in [6, 6.07) is 1.59. The molecule has 90 valence electrons. The van der Waals surface area contributed by atoms with Gasteiger partial charge >= 0.3 is 6.18 Å². The second-order valence-corrected chi connectivity index (χ2v) is 5.97. The van der Waals surface area contributed by atoms with Gasteiger partial charge in [-0.2, -0.15) is 13.2 Å². The molecule has 0 bridgehead atoms. The van der Waals surface area contributed by atoms with Gasteiger partial charge in [-0.15, -0.1) is 11.3 Å². The lowest BCUT2D eigenvalue weighted by Gasteiger charge is -2.24. The molecule has 0 saturated heterocycles. The Hall–Kier alpha value is -0.0700. The molecule has 0 radical (unpaired) electrons. The molecule has 1 aliphatic rings. The van der Waals surface area contributed by atoms with Gasteiger partial charge in [0.1, 0.15) is 5.54 Å². The summed E-state index contributed by atoms with van der Waals surface area (Å²) in [5, 5.41) is 4.58. The normalized spacial score (nSPS) is 20.8. The van der Waals surface area contributed by atoms with E-state index in [1.165, 1.54) is 11.3 Å². The molecular formula is C10H11BrF3NS. The van der Waals surface area contributed by atoms with Crippen LogP contribution in [-0.2, 0) is 0 Å². The quantitative estimate of drug-likeness (QED) is 0.879. The van der Waals surface area contributed by atoms with Gasteiger partial charge in [-0.1, -0.05) is 0 Å². The van der Waals surface area contributed by atoms with Crippen LogP contribution < -0.4 is 5.32 Å². The van der Waals surface area contributed by atoms with Crippen LogP contribution in [0.1, 0.15) is 30.7 Å². The Morgan fingerprint density at radius 3 is 2.50 bits per heavy atom. The molecule has 1 fully saturated rings. The van der Waals surface area contributed by atoms with Gasteiger partial charge in [-0.05, 0) is 41.8 Å². The Balaban J connectivity index is 2.06. The summed E-state index contributed by atoms with van der Waals surface area (Å²) in [7, 11) is 0. The third-order valence-corrected chi connectivity index (χ3v) is 4.68. The maximum absolute atomic E-state index is 12.7. The van der Waals surface area contributed by atoms with Crippen molar-refractivity contribution in [3.63, 3.8) is 0 Å². The van der Waals surface area contributed by atoms with Crippen molar-refractivity contribution < 1.29 is 13.2 Å². The molecule has 1 heterocycles. The van der Waals surface area contributed by atoms with E-state index in [9.17, 15) is 13.2 Å². The first-order chi connectivity index (χ1) is 7.34. The molecule has 1 N–H and O–H groups in total. The monoisotopic (exact) mass is 313 g/mol. The van der Waals surface area contributed by atoms with E-state index in [0.717, 1.165) is 9.35 Å². The van der Waals surface area contributed by atoms with Crippen molar-refractivity contribution in [3.8, 4) is 0 Å². The first-order valence-corrected chi connectivity index (χ1v) is 6.60. The van der Waals surface area contributed by atoms with Crippen LogP contribution in [0.5, 0.6) is 0 Å². The topological polar surface area (TPSA) is 12.0 Å². The lowest BCUT2D eigenvalue weighted by Crippen LogP contribution is -2.45. The van der Waals surface area contributed by atoms with Crippen LogP contribution in [0.2, 0.25) is 0 Å². The molecule has 0 aliphatic heterocycles. The minimum Gasteiger partial charge on any atom is -0.296 e. The van der Waals surface area contributed by atoms with Gasteiger partial charge < -0.3 is 0 Å². The third kappa shape index (κ3) is 2.28. The van der Waals surface area contributed by atoms with E-state index in [0.29, 0.717) is 0 Å². The zero-order valence-corrected chi connectivity index (χ0v) is 11.0. The van der Waals surface area contributed by atoms with Crippen molar-refractivity contribution in [2.75, 3.05) is 0 Å². The highest BCUT2D eigenvalue weighted by Gasteiger charge is 2.63. The van der Waals surface area contributed by atoms with Gasteiger partial charge in [0.25, 0.3) is 0 Å². The minimum absolute atomic E-state index is 0.188. The predicted octanol–water partition coefficient (Wildman–Crippen LogP) is 4.26. The summed E-state index contributed by atoms with van der Waals surface area (Å²) in [4.78, 5) is 0.919. The van der Waals surface area contributed by atoms with E-state index in [4.69, 9.17) is 0 Å². The van der Waals surface area contributed by atoms with Crippen LogP contribution in [0, 0.1) is 0 Å². The highest BCUT2D eigenvalue weighted by Crippen LogP contribution is 2.50. The molecule has 2 rings (SSSR count). The summed E-state index contributed by atoms with van der Waals surface area (Å²) >= 11 is 4.76. The lowest BCUT2D eigenvalue weighted by atomic mass is 10.2. The molecule has 1 aliphatic carbocycles. The maximum Gasteiger partial charge on any atom is 0.406 e. The second-order valence-electron chi connectivity index (χ2n) is 4.11. The van der Waals surface area contributed by atoms with E-state index in [2.05, 4.69) is 21.2 Å². The molecule has 16 heavy (non-hydrogen) atoms. The zero-order chi connectivity index (χ0) is 12.0.